The summed E-state index contributed by atoms with van der Waals surface area (Å²) >= 11 is 5.69. The molecule has 1 unspecified atom stereocenters. The van der Waals surface area contributed by atoms with E-state index < -0.39 is 24.5 Å². The highest BCUT2D eigenvalue weighted by Gasteiger charge is 2.20. The fourth-order valence-corrected chi connectivity index (χ4v) is 1.32. The van der Waals surface area contributed by atoms with E-state index in [0.717, 1.165) is 0 Å². The molecule has 7 heteroatoms. The van der Waals surface area contributed by atoms with Crippen LogP contribution in [0.4, 0.5) is 5.69 Å². The summed E-state index contributed by atoms with van der Waals surface area (Å²) in [6, 6.07) is 2.89. The number of amides is 1. The van der Waals surface area contributed by atoms with Gasteiger partial charge in [0.05, 0.1) is 12.2 Å². The van der Waals surface area contributed by atoms with Gasteiger partial charge >= 0.3 is 5.97 Å². The highest BCUT2D eigenvalue weighted by Crippen LogP contribution is 2.17. The van der Waals surface area contributed by atoms with Gasteiger partial charge in [-0.05, 0) is 18.2 Å². The number of hydrogen-bond donors (Lipinski definition) is 4. The van der Waals surface area contributed by atoms with E-state index in [0.29, 0.717) is 5.02 Å². The van der Waals surface area contributed by atoms with E-state index in [-0.39, 0.29) is 11.3 Å². The minimum atomic E-state index is -1.37. The van der Waals surface area contributed by atoms with Crippen LogP contribution in [0.15, 0.2) is 18.2 Å². The quantitative estimate of drug-likeness (QED) is 0.572. The molecule has 1 atom stereocenters. The van der Waals surface area contributed by atoms with Crippen LogP contribution in [0.3, 0.4) is 0 Å². The molecule has 0 aromatic heterocycles. The second-order valence-electron chi connectivity index (χ2n) is 3.28. The molecule has 0 aliphatic carbocycles. The molecule has 1 amide bonds. The Balaban J connectivity index is 2.89. The standard InChI is InChI=1S/C10H11ClN2O4/c11-5-1-2-7(12)6(3-5)9(15)13-8(4-14)10(16)17/h1-3,8,14H,4,12H2,(H,13,15)(H,16,17). The first-order valence-corrected chi connectivity index (χ1v) is 5.03. The minimum absolute atomic E-state index is 0.0669. The van der Waals surface area contributed by atoms with Crippen LogP contribution in [0.2, 0.25) is 5.02 Å². The molecule has 0 saturated heterocycles. The van der Waals surface area contributed by atoms with E-state index >= 15 is 0 Å². The second kappa shape index (κ2) is 5.51. The Morgan fingerprint density at radius 3 is 2.65 bits per heavy atom. The normalized spacial score (nSPS) is 11.9. The number of carboxylic acid groups (broad SMARTS) is 1. The lowest BCUT2D eigenvalue weighted by atomic mass is 10.1. The highest BCUT2D eigenvalue weighted by molar-refractivity contribution is 6.31. The molecule has 5 N–H and O–H groups in total. The van der Waals surface area contributed by atoms with E-state index in [1.54, 1.807) is 0 Å². The number of benzene rings is 1. The average molecular weight is 259 g/mol. The number of aliphatic hydroxyl groups is 1. The van der Waals surface area contributed by atoms with Crippen molar-refractivity contribution in [3.63, 3.8) is 0 Å². The van der Waals surface area contributed by atoms with Crippen molar-refractivity contribution in [2.75, 3.05) is 12.3 Å². The van der Waals surface area contributed by atoms with Crippen molar-refractivity contribution in [1.82, 2.24) is 5.32 Å². The number of nitrogens with two attached hydrogens (primary N) is 1. The minimum Gasteiger partial charge on any atom is -0.480 e. The summed E-state index contributed by atoms with van der Waals surface area (Å²) in [6.07, 6.45) is 0. The molecule has 1 aromatic rings. The molecular formula is C10H11ClN2O4. The van der Waals surface area contributed by atoms with Crippen molar-refractivity contribution in [2.45, 2.75) is 6.04 Å². The number of aliphatic carboxylic acids is 1. The Morgan fingerprint density at radius 2 is 2.12 bits per heavy atom. The van der Waals surface area contributed by atoms with Crippen molar-refractivity contribution in [2.24, 2.45) is 0 Å². The Hall–Kier alpha value is -1.79. The van der Waals surface area contributed by atoms with Crippen molar-refractivity contribution in [3.8, 4) is 0 Å². The lowest BCUT2D eigenvalue weighted by molar-refractivity contribution is -0.140. The molecular weight excluding hydrogens is 248 g/mol. The number of carbonyl (C=O) groups is 2. The van der Waals surface area contributed by atoms with Gasteiger partial charge in [-0.2, -0.15) is 0 Å². The summed E-state index contributed by atoms with van der Waals surface area (Å²) in [4.78, 5) is 22.3. The van der Waals surface area contributed by atoms with Crippen LogP contribution >= 0.6 is 11.6 Å². The van der Waals surface area contributed by atoms with E-state index in [2.05, 4.69) is 5.32 Å². The number of carboxylic acids is 1. The maximum Gasteiger partial charge on any atom is 0.328 e. The predicted octanol–water partition coefficient (Wildman–Crippen LogP) is 0.0975. The van der Waals surface area contributed by atoms with Gasteiger partial charge in [0.15, 0.2) is 6.04 Å². The average Bonchev–Trinajstić information content (AvgIpc) is 2.28. The van der Waals surface area contributed by atoms with Gasteiger partial charge in [-0.1, -0.05) is 11.6 Å². The summed E-state index contributed by atoms with van der Waals surface area (Å²) in [5, 5.41) is 19.9. The van der Waals surface area contributed by atoms with Crippen LogP contribution in [0.25, 0.3) is 0 Å². The maximum atomic E-state index is 11.7. The Morgan fingerprint density at radius 1 is 1.47 bits per heavy atom. The summed E-state index contributed by atoms with van der Waals surface area (Å²) in [6.45, 7) is -0.707. The molecule has 0 saturated carbocycles. The van der Waals surface area contributed by atoms with Crippen molar-refractivity contribution < 1.29 is 19.8 Å². The fourth-order valence-electron chi connectivity index (χ4n) is 1.15. The Bertz CT molecular complexity index is 450. The zero-order valence-electron chi connectivity index (χ0n) is 8.68. The summed E-state index contributed by atoms with van der Waals surface area (Å²) < 4.78 is 0. The molecule has 0 fully saturated rings. The highest BCUT2D eigenvalue weighted by atomic mass is 35.5. The number of halogens is 1. The summed E-state index contributed by atoms with van der Waals surface area (Å²) in [5.41, 5.74) is 5.80. The van der Waals surface area contributed by atoms with E-state index in [1.807, 2.05) is 0 Å². The zero-order valence-corrected chi connectivity index (χ0v) is 9.44. The molecule has 0 radical (unpaired) electrons. The first-order chi connectivity index (χ1) is 7.95. The third-order valence-corrected chi connectivity index (χ3v) is 2.28. The number of aliphatic hydroxyl groups excluding tert-OH is 1. The van der Waals surface area contributed by atoms with Crippen LogP contribution in [0.1, 0.15) is 10.4 Å². The predicted molar refractivity (Wildman–Crippen MR) is 61.8 cm³/mol. The maximum absolute atomic E-state index is 11.7. The third kappa shape index (κ3) is 3.33. The smallest absolute Gasteiger partial charge is 0.328 e. The van der Waals surface area contributed by atoms with Gasteiger partial charge in [0.25, 0.3) is 5.91 Å². The fraction of sp³-hybridized carbons (Fsp3) is 0.200. The van der Waals surface area contributed by atoms with Gasteiger partial charge in [0.1, 0.15) is 0 Å². The number of anilines is 1. The van der Waals surface area contributed by atoms with Gasteiger partial charge < -0.3 is 21.3 Å². The van der Waals surface area contributed by atoms with Crippen LogP contribution in [0, 0.1) is 0 Å². The Labute approximate surface area is 102 Å². The molecule has 0 spiro atoms. The van der Waals surface area contributed by atoms with E-state index in [9.17, 15) is 9.59 Å². The summed E-state index contributed by atoms with van der Waals surface area (Å²) in [5.74, 6) is -2.03. The zero-order chi connectivity index (χ0) is 13.0. The van der Waals surface area contributed by atoms with Gasteiger partial charge in [0.2, 0.25) is 0 Å². The number of hydrogen-bond acceptors (Lipinski definition) is 4. The molecule has 92 valence electrons. The van der Waals surface area contributed by atoms with Crippen LogP contribution < -0.4 is 11.1 Å². The van der Waals surface area contributed by atoms with Gasteiger partial charge in [-0.3, -0.25) is 4.79 Å². The van der Waals surface area contributed by atoms with E-state index in [1.165, 1.54) is 18.2 Å². The molecule has 6 nitrogen and oxygen atoms in total. The molecule has 1 aromatic carbocycles. The van der Waals surface area contributed by atoms with Crippen molar-refractivity contribution >= 4 is 29.2 Å². The molecule has 17 heavy (non-hydrogen) atoms. The molecule has 0 aliphatic heterocycles. The SMILES string of the molecule is Nc1ccc(Cl)cc1C(=O)NC(CO)C(=O)O. The topological polar surface area (TPSA) is 113 Å². The van der Waals surface area contributed by atoms with E-state index in [4.69, 9.17) is 27.5 Å². The lowest BCUT2D eigenvalue weighted by Gasteiger charge is -2.12. The second-order valence-corrected chi connectivity index (χ2v) is 3.71. The van der Waals surface area contributed by atoms with Crippen LogP contribution in [-0.4, -0.2) is 34.7 Å². The number of nitrogens with one attached hydrogen (secondary N) is 1. The lowest BCUT2D eigenvalue weighted by Crippen LogP contribution is -2.43. The van der Waals surface area contributed by atoms with Gasteiger partial charge in [0, 0.05) is 10.7 Å². The number of carbonyl (C=O) groups excluding carboxylic acids is 1. The molecule has 0 heterocycles. The van der Waals surface area contributed by atoms with Crippen molar-refractivity contribution in [3.05, 3.63) is 28.8 Å². The number of rotatable bonds is 4. The number of nitrogen functional groups attached to an aromatic ring is 1. The summed E-state index contributed by atoms with van der Waals surface area (Å²) in [7, 11) is 0. The van der Waals surface area contributed by atoms with Gasteiger partial charge in [-0.15, -0.1) is 0 Å². The molecule has 0 bridgehead atoms. The Kier molecular flexibility index (Phi) is 4.30. The first-order valence-electron chi connectivity index (χ1n) is 4.65. The van der Waals surface area contributed by atoms with Crippen molar-refractivity contribution in [1.29, 1.82) is 0 Å². The third-order valence-electron chi connectivity index (χ3n) is 2.05. The van der Waals surface area contributed by atoms with Crippen LogP contribution in [-0.2, 0) is 4.79 Å². The monoisotopic (exact) mass is 258 g/mol. The largest absolute Gasteiger partial charge is 0.480 e. The van der Waals surface area contributed by atoms with Crippen LogP contribution in [0.5, 0.6) is 0 Å². The molecule has 0 aliphatic rings. The molecule has 1 rings (SSSR count). The van der Waals surface area contributed by atoms with Gasteiger partial charge in [-0.25, -0.2) is 4.79 Å². The first kappa shape index (κ1) is 13.3.